The number of halogens is 1. The van der Waals surface area contributed by atoms with Crippen molar-refractivity contribution in [1.29, 1.82) is 0 Å². The number of benzene rings is 2. The molecule has 0 saturated carbocycles. The first kappa shape index (κ1) is 20.3. The highest BCUT2D eigenvalue weighted by Crippen LogP contribution is 2.38. The predicted molar refractivity (Wildman–Crippen MR) is 105 cm³/mol. The van der Waals surface area contributed by atoms with E-state index in [0.29, 0.717) is 39.4 Å². The minimum absolute atomic E-state index is 0. The fourth-order valence-electron chi connectivity index (χ4n) is 2.56. The lowest BCUT2D eigenvalue weighted by molar-refractivity contribution is 0.103. The highest BCUT2D eigenvalue weighted by Gasteiger charge is 2.19. The molecule has 6 nitrogen and oxygen atoms in total. The quantitative estimate of drug-likeness (QED) is 0.623. The summed E-state index contributed by atoms with van der Waals surface area (Å²) in [6.45, 7) is 0. The number of carbonyl (C=O) groups is 1. The van der Waals surface area contributed by atoms with Crippen LogP contribution in [0.5, 0.6) is 17.2 Å². The third-order valence-corrected chi connectivity index (χ3v) is 4.12. The molecular formula is C20H21ClN2O4. The van der Waals surface area contributed by atoms with E-state index in [0.717, 1.165) is 5.56 Å². The molecule has 0 amide bonds. The number of hydrogen-bond donors (Lipinski definition) is 1. The van der Waals surface area contributed by atoms with Gasteiger partial charge in [-0.15, -0.1) is 0 Å². The summed E-state index contributed by atoms with van der Waals surface area (Å²) in [6.07, 6.45) is 1.50. The zero-order chi connectivity index (χ0) is 18.7. The summed E-state index contributed by atoms with van der Waals surface area (Å²) >= 11 is 5.90. The van der Waals surface area contributed by atoms with Gasteiger partial charge >= 0.3 is 0 Å². The number of nitrogens with zero attached hydrogens (tertiary/aromatic N) is 1. The van der Waals surface area contributed by atoms with E-state index in [1.807, 2.05) is 12.1 Å². The molecule has 27 heavy (non-hydrogen) atoms. The van der Waals surface area contributed by atoms with Crippen LogP contribution in [-0.4, -0.2) is 37.1 Å². The minimum Gasteiger partial charge on any atom is -0.493 e. The third kappa shape index (κ3) is 4.06. The molecule has 0 aliphatic rings. The van der Waals surface area contributed by atoms with Gasteiger partial charge in [0.2, 0.25) is 11.5 Å². The largest absolute Gasteiger partial charge is 0.493 e. The van der Waals surface area contributed by atoms with Gasteiger partial charge in [-0.05, 0) is 36.4 Å². The molecule has 142 valence electrons. The molecule has 0 spiro atoms. The van der Waals surface area contributed by atoms with Crippen LogP contribution in [-0.2, 0) is 0 Å². The second-order valence-electron chi connectivity index (χ2n) is 5.40. The van der Waals surface area contributed by atoms with Crippen molar-refractivity contribution in [3.63, 3.8) is 0 Å². The van der Waals surface area contributed by atoms with E-state index in [9.17, 15) is 4.79 Å². The summed E-state index contributed by atoms with van der Waals surface area (Å²) in [5.74, 6) is 1.59. The summed E-state index contributed by atoms with van der Waals surface area (Å²) in [5.41, 5.74) is 1.58. The van der Waals surface area contributed by atoms with Crippen LogP contribution in [0.15, 0.2) is 42.6 Å². The summed E-state index contributed by atoms with van der Waals surface area (Å²) < 4.78 is 15.9. The Morgan fingerprint density at radius 1 is 1.00 bits per heavy atom. The topological polar surface area (TPSA) is 73.4 Å². The van der Waals surface area contributed by atoms with Crippen LogP contribution in [0, 0.1) is 0 Å². The van der Waals surface area contributed by atoms with E-state index in [-0.39, 0.29) is 13.2 Å². The predicted octanol–water partition coefficient (Wildman–Crippen LogP) is 4.62. The SMILES string of the molecule is C.COc1cc(C(=O)c2cnc(-c3ccc(Cl)cc3)[nH]2)cc(OC)c1OC. The summed E-state index contributed by atoms with van der Waals surface area (Å²) in [7, 11) is 4.51. The van der Waals surface area contributed by atoms with Crippen LogP contribution in [0.1, 0.15) is 23.5 Å². The van der Waals surface area contributed by atoms with Crippen molar-refractivity contribution in [3.05, 3.63) is 58.9 Å². The number of H-pyrrole nitrogens is 1. The van der Waals surface area contributed by atoms with Crippen LogP contribution < -0.4 is 14.2 Å². The van der Waals surface area contributed by atoms with Gasteiger partial charge in [0.25, 0.3) is 0 Å². The summed E-state index contributed by atoms with van der Waals surface area (Å²) in [5, 5.41) is 0.633. The number of ether oxygens (including phenoxy) is 3. The van der Waals surface area contributed by atoms with E-state index in [1.165, 1.54) is 27.5 Å². The molecule has 1 heterocycles. The molecule has 1 aromatic heterocycles. The van der Waals surface area contributed by atoms with Crippen molar-refractivity contribution < 1.29 is 19.0 Å². The number of imidazole rings is 1. The number of ketones is 1. The smallest absolute Gasteiger partial charge is 0.211 e. The van der Waals surface area contributed by atoms with Gasteiger partial charge in [-0.25, -0.2) is 4.98 Å². The summed E-state index contributed by atoms with van der Waals surface area (Å²) in [6, 6.07) is 10.4. The first-order valence-electron chi connectivity index (χ1n) is 7.73. The van der Waals surface area contributed by atoms with E-state index in [4.69, 9.17) is 25.8 Å². The van der Waals surface area contributed by atoms with Crippen LogP contribution in [0.4, 0.5) is 0 Å². The maximum atomic E-state index is 12.8. The molecule has 0 aliphatic heterocycles. The monoisotopic (exact) mass is 388 g/mol. The Balaban J connectivity index is 0.00000261. The molecule has 3 aromatic rings. The molecule has 0 radical (unpaired) electrons. The van der Waals surface area contributed by atoms with Gasteiger partial charge in [0, 0.05) is 16.1 Å². The number of aromatic nitrogens is 2. The maximum absolute atomic E-state index is 12.8. The van der Waals surface area contributed by atoms with Gasteiger partial charge in [0.1, 0.15) is 11.5 Å². The van der Waals surface area contributed by atoms with E-state index in [2.05, 4.69) is 9.97 Å². The van der Waals surface area contributed by atoms with Gasteiger partial charge in [-0.2, -0.15) is 0 Å². The fraction of sp³-hybridized carbons (Fsp3) is 0.200. The van der Waals surface area contributed by atoms with E-state index in [1.54, 1.807) is 24.3 Å². The Morgan fingerprint density at radius 3 is 2.11 bits per heavy atom. The number of hydrogen-bond acceptors (Lipinski definition) is 5. The highest BCUT2D eigenvalue weighted by atomic mass is 35.5. The molecule has 0 saturated heterocycles. The molecular weight excluding hydrogens is 368 g/mol. The van der Waals surface area contributed by atoms with Crippen LogP contribution in [0.2, 0.25) is 5.02 Å². The lowest BCUT2D eigenvalue weighted by Gasteiger charge is -2.13. The Kier molecular flexibility index (Phi) is 6.47. The zero-order valence-corrected chi connectivity index (χ0v) is 15.3. The van der Waals surface area contributed by atoms with Gasteiger partial charge in [-0.3, -0.25) is 4.79 Å². The Morgan fingerprint density at radius 2 is 1.59 bits per heavy atom. The van der Waals surface area contributed by atoms with Gasteiger partial charge in [-0.1, -0.05) is 19.0 Å². The number of carbonyl (C=O) groups excluding carboxylic acids is 1. The van der Waals surface area contributed by atoms with E-state index < -0.39 is 0 Å². The average Bonchev–Trinajstić information content (AvgIpc) is 3.16. The Bertz CT molecular complexity index is 910. The third-order valence-electron chi connectivity index (χ3n) is 3.87. The van der Waals surface area contributed by atoms with Crippen LogP contribution in [0.3, 0.4) is 0 Å². The molecule has 0 fully saturated rings. The fourth-order valence-corrected chi connectivity index (χ4v) is 2.68. The Hall–Kier alpha value is -2.99. The van der Waals surface area contributed by atoms with Crippen molar-refractivity contribution in [3.8, 4) is 28.6 Å². The molecule has 0 aliphatic carbocycles. The van der Waals surface area contributed by atoms with Gasteiger partial charge < -0.3 is 19.2 Å². The second-order valence-corrected chi connectivity index (χ2v) is 5.83. The summed E-state index contributed by atoms with van der Waals surface area (Å²) in [4.78, 5) is 20.1. The van der Waals surface area contributed by atoms with Gasteiger partial charge in [0.05, 0.1) is 27.5 Å². The maximum Gasteiger partial charge on any atom is 0.211 e. The number of methoxy groups -OCH3 is 3. The lowest BCUT2D eigenvalue weighted by atomic mass is 10.1. The molecule has 2 aromatic carbocycles. The first-order chi connectivity index (χ1) is 12.6. The molecule has 0 unspecified atom stereocenters. The van der Waals surface area contributed by atoms with Crippen molar-refractivity contribution >= 4 is 17.4 Å². The van der Waals surface area contributed by atoms with Crippen LogP contribution in [0.25, 0.3) is 11.4 Å². The normalized spacial score (nSPS) is 10.1. The number of aromatic amines is 1. The van der Waals surface area contributed by atoms with Gasteiger partial charge in [0.15, 0.2) is 11.5 Å². The number of nitrogens with one attached hydrogen (secondary N) is 1. The van der Waals surface area contributed by atoms with Crippen molar-refractivity contribution in [2.45, 2.75) is 7.43 Å². The van der Waals surface area contributed by atoms with Crippen molar-refractivity contribution in [1.82, 2.24) is 9.97 Å². The molecule has 0 atom stereocenters. The highest BCUT2D eigenvalue weighted by molar-refractivity contribution is 6.30. The standard InChI is InChI=1S/C19H17ClN2O4.CH4/c1-24-15-8-12(9-16(25-2)18(15)26-3)17(23)14-10-21-19(22-14)11-4-6-13(20)7-5-11;/h4-10H,1-3H3,(H,21,22);1H4. The lowest BCUT2D eigenvalue weighted by Crippen LogP contribution is -2.04. The average molecular weight is 389 g/mol. The second kappa shape index (κ2) is 8.60. The van der Waals surface area contributed by atoms with Crippen LogP contribution >= 0.6 is 11.6 Å². The molecule has 0 bridgehead atoms. The van der Waals surface area contributed by atoms with Crippen molar-refractivity contribution in [2.24, 2.45) is 0 Å². The molecule has 7 heteroatoms. The number of rotatable bonds is 6. The molecule has 3 rings (SSSR count). The zero-order valence-electron chi connectivity index (χ0n) is 14.5. The minimum atomic E-state index is -0.239. The van der Waals surface area contributed by atoms with Crippen molar-refractivity contribution in [2.75, 3.05) is 21.3 Å². The Labute approximate surface area is 163 Å². The van der Waals surface area contributed by atoms with E-state index >= 15 is 0 Å². The molecule has 1 N–H and O–H groups in total. The first-order valence-corrected chi connectivity index (χ1v) is 8.10.